The quantitative estimate of drug-likeness (QED) is 0.928. The number of halogens is 2. The van der Waals surface area contributed by atoms with E-state index in [2.05, 4.69) is 10.2 Å². The van der Waals surface area contributed by atoms with E-state index in [0.29, 0.717) is 5.69 Å². The molecule has 0 saturated carbocycles. The van der Waals surface area contributed by atoms with Crippen molar-refractivity contribution in [3.63, 3.8) is 0 Å². The number of nitrogens with one attached hydrogen (secondary N) is 1. The molecular formula is C14H22Cl2N2O. The van der Waals surface area contributed by atoms with Crippen molar-refractivity contribution >= 4 is 30.5 Å². The van der Waals surface area contributed by atoms with Crippen LogP contribution in [0, 0.1) is 0 Å². The van der Waals surface area contributed by atoms with Gasteiger partial charge < -0.3 is 10.2 Å². The number of piperidine rings is 1. The van der Waals surface area contributed by atoms with Crippen LogP contribution in [0.25, 0.3) is 0 Å². The average Bonchev–Trinajstić information content (AvgIpc) is 2.56. The molecular weight excluding hydrogens is 283 g/mol. The second kappa shape index (κ2) is 10.1. The molecule has 1 saturated heterocycles. The van der Waals surface area contributed by atoms with Gasteiger partial charge in [0.1, 0.15) is 0 Å². The molecule has 0 atom stereocenters. The molecule has 0 aromatic heterocycles. The molecule has 0 radical (unpaired) electrons. The molecule has 0 bridgehead atoms. The van der Waals surface area contributed by atoms with Gasteiger partial charge in [-0.25, -0.2) is 0 Å². The van der Waals surface area contributed by atoms with Crippen molar-refractivity contribution in [3.8, 4) is 0 Å². The van der Waals surface area contributed by atoms with Crippen molar-refractivity contribution in [1.29, 1.82) is 0 Å². The summed E-state index contributed by atoms with van der Waals surface area (Å²) < 4.78 is 0. The third-order valence-corrected chi connectivity index (χ3v) is 3.19. The molecule has 0 amide bonds. The molecule has 1 aromatic carbocycles. The van der Waals surface area contributed by atoms with E-state index in [0.717, 1.165) is 13.1 Å². The van der Waals surface area contributed by atoms with Crippen LogP contribution in [0.15, 0.2) is 35.1 Å². The molecule has 1 N–H and O–H groups in total. The van der Waals surface area contributed by atoms with E-state index in [1.807, 2.05) is 18.2 Å². The van der Waals surface area contributed by atoms with Gasteiger partial charge in [-0.2, -0.15) is 0 Å². The van der Waals surface area contributed by atoms with Crippen LogP contribution >= 0.6 is 24.8 Å². The van der Waals surface area contributed by atoms with Crippen LogP contribution in [0.1, 0.15) is 19.3 Å². The predicted molar refractivity (Wildman–Crippen MR) is 86.0 cm³/mol. The average molecular weight is 305 g/mol. The zero-order valence-corrected chi connectivity index (χ0v) is 12.6. The van der Waals surface area contributed by atoms with Gasteiger partial charge in [0.05, 0.1) is 5.69 Å². The first-order valence-corrected chi connectivity index (χ1v) is 6.42. The van der Waals surface area contributed by atoms with E-state index < -0.39 is 0 Å². The molecule has 1 aliphatic rings. The van der Waals surface area contributed by atoms with Gasteiger partial charge in [0.25, 0.3) is 0 Å². The summed E-state index contributed by atoms with van der Waals surface area (Å²) in [4.78, 5) is 14.1. The first-order chi connectivity index (χ1) is 8.36. The maximum atomic E-state index is 11.6. The number of anilines is 1. The molecule has 1 aromatic rings. The van der Waals surface area contributed by atoms with Crippen molar-refractivity contribution in [2.45, 2.75) is 19.3 Å². The minimum atomic E-state index is 0. The molecule has 0 unspecified atom stereocenters. The van der Waals surface area contributed by atoms with Gasteiger partial charge in [0.15, 0.2) is 0 Å². The van der Waals surface area contributed by atoms with Crippen molar-refractivity contribution in [1.82, 2.24) is 4.90 Å². The van der Waals surface area contributed by atoms with Crippen LogP contribution < -0.4 is 10.7 Å². The standard InChI is InChI=1S/C14H20N2O.2ClH/c17-14-8-4-1-3-7-13(14)15-9-12-16-10-5-2-6-11-16;;/h1,3-4,7-8H,2,5-6,9-12H2,(H,15,17);2*1H. The summed E-state index contributed by atoms with van der Waals surface area (Å²) in [6.45, 7) is 4.28. The first-order valence-electron chi connectivity index (χ1n) is 6.42. The number of nitrogens with zero attached hydrogens (tertiary/aromatic N) is 1. The Morgan fingerprint density at radius 1 is 1.00 bits per heavy atom. The fourth-order valence-corrected chi connectivity index (χ4v) is 2.21. The number of hydrogen-bond donors (Lipinski definition) is 1. The minimum absolute atomic E-state index is 0. The van der Waals surface area contributed by atoms with Crippen LogP contribution in [0.4, 0.5) is 5.69 Å². The van der Waals surface area contributed by atoms with E-state index in [4.69, 9.17) is 0 Å². The largest absolute Gasteiger partial charge is 0.381 e. The molecule has 1 aliphatic heterocycles. The monoisotopic (exact) mass is 304 g/mol. The molecule has 5 heteroatoms. The van der Waals surface area contributed by atoms with E-state index in [9.17, 15) is 4.79 Å². The van der Waals surface area contributed by atoms with Gasteiger partial charge in [0, 0.05) is 13.1 Å². The Morgan fingerprint density at radius 2 is 1.68 bits per heavy atom. The third-order valence-electron chi connectivity index (χ3n) is 3.19. The summed E-state index contributed by atoms with van der Waals surface area (Å²) >= 11 is 0. The maximum absolute atomic E-state index is 11.6. The lowest BCUT2D eigenvalue weighted by Gasteiger charge is -2.26. The highest BCUT2D eigenvalue weighted by atomic mass is 35.5. The molecule has 3 nitrogen and oxygen atoms in total. The SMILES string of the molecule is Cl.Cl.O=c1cccccc1NCCN1CCCCC1. The van der Waals surface area contributed by atoms with E-state index in [1.54, 1.807) is 12.1 Å². The Hall–Kier alpha value is -0.770. The Bertz CT molecular complexity index is 409. The van der Waals surface area contributed by atoms with Gasteiger partial charge in [-0.3, -0.25) is 4.79 Å². The fraction of sp³-hybridized carbons (Fsp3) is 0.500. The Morgan fingerprint density at radius 3 is 2.42 bits per heavy atom. The first kappa shape index (κ1) is 18.2. The van der Waals surface area contributed by atoms with Gasteiger partial charge in [0.2, 0.25) is 5.43 Å². The normalized spacial score (nSPS) is 14.9. The summed E-state index contributed by atoms with van der Waals surface area (Å²) in [7, 11) is 0. The Labute approximate surface area is 127 Å². The zero-order chi connectivity index (χ0) is 11.9. The van der Waals surface area contributed by atoms with Crippen LogP contribution in [-0.2, 0) is 0 Å². The maximum Gasteiger partial charge on any atom is 0.201 e. The van der Waals surface area contributed by atoms with Gasteiger partial charge in [-0.15, -0.1) is 24.8 Å². The molecule has 1 heterocycles. The second-order valence-corrected chi connectivity index (χ2v) is 4.52. The van der Waals surface area contributed by atoms with Crippen molar-refractivity contribution in [2.24, 2.45) is 0 Å². The highest BCUT2D eigenvalue weighted by Gasteiger charge is 2.08. The zero-order valence-electron chi connectivity index (χ0n) is 11.0. The van der Waals surface area contributed by atoms with E-state index in [-0.39, 0.29) is 30.2 Å². The van der Waals surface area contributed by atoms with Gasteiger partial charge in [-0.1, -0.05) is 24.6 Å². The summed E-state index contributed by atoms with van der Waals surface area (Å²) in [5, 5.41) is 3.23. The summed E-state index contributed by atoms with van der Waals surface area (Å²) in [6.07, 6.45) is 3.99. The Kier molecular flexibility index (Phi) is 9.66. The minimum Gasteiger partial charge on any atom is -0.381 e. The highest BCUT2D eigenvalue weighted by molar-refractivity contribution is 5.85. The molecule has 19 heavy (non-hydrogen) atoms. The van der Waals surface area contributed by atoms with Crippen LogP contribution in [0.5, 0.6) is 0 Å². The summed E-state index contributed by atoms with van der Waals surface area (Å²) in [6, 6.07) is 8.99. The lowest BCUT2D eigenvalue weighted by Crippen LogP contribution is -2.34. The smallest absolute Gasteiger partial charge is 0.201 e. The molecule has 0 spiro atoms. The molecule has 2 rings (SSSR count). The van der Waals surface area contributed by atoms with E-state index in [1.165, 1.54) is 32.4 Å². The van der Waals surface area contributed by atoms with Gasteiger partial charge >= 0.3 is 0 Å². The summed E-state index contributed by atoms with van der Waals surface area (Å²) in [5.74, 6) is 0. The van der Waals surface area contributed by atoms with E-state index >= 15 is 0 Å². The summed E-state index contributed by atoms with van der Waals surface area (Å²) in [5.41, 5.74) is 0.764. The molecule has 1 fully saturated rings. The van der Waals surface area contributed by atoms with Gasteiger partial charge in [-0.05, 0) is 38.1 Å². The number of hydrogen-bond acceptors (Lipinski definition) is 3. The van der Waals surface area contributed by atoms with Crippen molar-refractivity contribution in [3.05, 3.63) is 40.6 Å². The van der Waals surface area contributed by atoms with Crippen LogP contribution in [0.2, 0.25) is 0 Å². The van der Waals surface area contributed by atoms with Crippen LogP contribution in [-0.4, -0.2) is 31.1 Å². The topological polar surface area (TPSA) is 32.3 Å². The number of rotatable bonds is 4. The number of likely N-dealkylation sites (tertiary alicyclic amines) is 1. The third kappa shape index (κ3) is 6.28. The highest BCUT2D eigenvalue weighted by Crippen LogP contribution is 2.07. The molecule has 0 aliphatic carbocycles. The lowest BCUT2D eigenvalue weighted by molar-refractivity contribution is 0.237. The molecule has 108 valence electrons. The second-order valence-electron chi connectivity index (χ2n) is 4.52. The van der Waals surface area contributed by atoms with Crippen molar-refractivity contribution < 1.29 is 0 Å². The fourth-order valence-electron chi connectivity index (χ4n) is 2.21. The lowest BCUT2D eigenvalue weighted by atomic mass is 10.1. The predicted octanol–water partition coefficient (Wildman–Crippen LogP) is 2.79. The Balaban J connectivity index is 0.00000162. The van der Waals surface area contributed by atoms with Crippen molar-refractivity contribution in [2.75, 3.05) is 31.5 Å². The van der Waals surface area contributed by atoms with Crippen LogP contribution in [0.3, 0.4) is 0 Å².